The molecule has 1 atom stereocenters. The molecule has 2 rings (SSSR count). The van der Waals surface area contributed by atoms with E-state index in [4.69, 9.17) is 14.9 Å². The van der Waals surface area contributed by atoms with Crippen LogP contribution in [-0.4, -0.2) is 24.0 Å². The Labute approximate surface area is 116 Å². The van der Waals surface area contributed by atoms with Crippen molar-refractivity contribution in [2.24, 2.45) is 5.73 Å². The van der Waals surface area contributed by atoms with E-state index in [9.17, 15) is 4.79 Å². The Balaban J connectivity index is 0.00000180. The summed E-state index contributed by atoms with van der Waals surface area (Å²) in [6, 6.07) is 4.67. The maximum Gasteiger partial charge on any atom is 0.240 e. The summed E-state index contributed by atoms with van der Waals surface area (Å²) in [5, 5.41) is 2.70. The highest BCUT2D eigenvalue weighted by Crippen LogP contribution is 2.20. The van der Waals surface area contributed by atoms with Crippen molar-refractivity contribution in [1.82, 2.24) is 4.98 Å². The molecule has 104 valence electrons. The number of halogens is 1. The van der Waals surface area contributed by atoms with Gasteiger partial charge in [-0.15, -0.1) is 12.4 Å². The van der Waals surface area contributed by atoms with Gasteiger partial charge in [0.15, 0.2) is 5.58 Å². The monoisotopic (exact) mass is 285 g/mol. The number of oxazole rings is 1. The van der Waals surface area contributed by atoms with Gasteiger partial charge in [0, 0.05) is 12.8 Å². The van der Waals surface area contributed by atoms with Crippen molar-refractivity contribution in [2.45, 2.75) is 19.6 Å². The number of carbonyl (C=O) groups excluding carboxylic acids is 1. The van der Waals surface area contributed by atoms with E-state index >= 15 is 0 Å². The van der Waals surface area contributed by atoms with E-state index in [1.165, 1.54) is 0 Å². The minimum Gasteiger partial charge on any atom is -0.438 e. The lowest BCUT2D eigenvalue weighted by Crippen LogP contribution is -2.32. The summed E-state index contributed by atoms with van der Waals surface area (Å²) in [5.74, 6) is 0.262. The van der Waals surface area contributed by atoms with Crippen molar-refractivity contribution >= 4 is 35.1 Å². The molecule has 0 saturated heterocycles. The van der Waals surface area contributed by atoms with E-state index in [-0.39, 0.29) is 18.3 Å². The van der Waals surface area contributed by atoms with Crippen molar-refractivity contribution in [3.63, 3.8) is 0 Å². The third kappa shape index (κ3) is 3.66. The second-order valence-electron chi connectivity index (χ2n) is 4.00. The summed E-state index contributed by atoms with van der Waals surface area (Å²) in [7, 11) is 1.57. The van der Waals surface area contributed by atoms with Gasteiger partial charge < -0.3 is 20.2 Å². The Bertz CT molecular complexity index is 568. The molecule has 0 saturated carbocycles. The van der Waals surface area contributed by atoms with Crippen LogP contribution in [-0.2, 0) is 16.1 Å². The van der Waals surface area contributed by atoms with Crippen LogP contribution in [0, 0.1) is 0 Å². The molecule has 1 aromatic carbocycles. The summed E-state index contributed by atoms with van der Waals surface area (Å²) >= 11 is 0. The number of carbonyl (C=O) groups is 1. The number of amides is 1. The standard InChI is InChI=1S/C12H15N3O3.ClH/c1-7(13)12(16)14-8-3-4-10-9(5-8)15-11(18-10)6-17-2;/h3-5,7H,6,13H2,1-2H3,(H,14,16);1H/t7-;/m1./s1. The number of hydrogen-bond donors (Lipinski definition) is 2. The van der Waals surface area contributed by atoms with Gasteiger partial charge in [-0.1, -0.05) is 0 Å². The first-order chi connectivity index (χ1) is 8.60. The molecular weight excluding hydrogens is 270 g/mol. The Kier molecular flexibility index (Phi) is 5.29. The number of nitrogens with one attached hydrogen (secondary N) is 1. The summed E-state index contributed by atoms with van der Waals surface area (Å²) in [4.78, 5) is 15.7. The molecule has 0 radical (unpaired) electrons. The normalized spacial score (nSPS) is 11.9. The summed E-state index contributed by atoms with van der Waals surface area (Å²) in [6.45, 7) is 1.94. The lowest BCUT2D eigenvalue weighted by atomic mass is 10.2. The van der Waals surface area contributed by atoms with E-state index in [1.54, 1.807) is 32.2 Å². The summed E-state index contributed by atoms with van der Waals surface area (Å²) in [6.07, 6.45) is 0. The van der Waals surface area contributed by atoms with Crippen LogP contribution in [0.15, 0.2) is 22.6 Å². The first-order valence-corrected chi connectivity index (χ1v) is 5.55. The van der Waals surface area contributed by atoms with Gasteiger partial charge in [-0.2, -0.15) is 0 Å². The molecule has 3 N–H and O–H groups in total. The Morgan fingerprint density at radius 2 is 2.32 bits per heavy atom. The predicted octanol–water partition coefficient (Wildman–Crippen LogP) is 1.68. The van der Waals surface area contributed by atoms with Crippen molar-refractivity contribution in [3.05, 3.63) is 24.1 Å². The van der Waals surface area contributed by atoms with Gasteiger partial charge in [-0.05, 0) is 25.1 Å². The second kappa shape index (κ2) is 6.51. The molecule has 0 bridgehead atoms. The molecule has 0 aliphatic heterocycles. The molecule has 0 aliphatic carbocycles. The van der Waals surface area contributed by atoms with E-state index in [0.29, 0.717) is 29.3 Å². The van der Waals surface area contributed by atoms with Gasteiger partial charge in [0.2, 0.25) is 11.8 Å². The van der Waals surface area contributed by atoms with E-state index < -0.39 is 6.04 Å². The van der Waals surface area contributed by atoms with Crippen molar-refractivity contribution in [1.29, 1.82) is 0 Å². The van der Waals surface area contributed by atoms with Crippen molar-refractivity contribution < 1.29 is 13.9 Å². The van der Waals surface area contributed by atoms with Gasteiger partial charge >= 0.3 is 0 Å². The molecule has 1 heterocycles. The minimum atomic E-state index is -0.554. The quantitative estimate of drug-likeness (QED) is 0.892. The topological polar surface area (TPSA) is 90.4 Å². The zero-order chi connectivity index (χ0) is 13.1. The van der Waals surface area contributed by atoms with Crippen LogP contribution in [0.4, 0.5) is 5.69 Å². The zero-order valence-corrected chi connectivity index (χ0v) is 11.5. The van der Waals surface area contributed by atoms with Crippen LogP contribution in [0.3, 0.4) is 0 Å². The van der Waals surface area contributed by atoms with Gasteiger partial charge in [-0.3, -0.25) is 4.79 Å². The third-order valence-electron chi connectivity index (χ3n) is 2.38. The number of benzene rings is 1. The summed E-state index contributed by atoms with van der Waals surface area (Å²) in [5.41, 5.74) is 7.44. The van der Waals surface area contributed by atoms with E-state index in [0.717, 1.165) is 0 Å². The lowest BCUT2D eigenvalue weighted by Gasteiger charge is -2.06. The molecule has 2 aromatic rings. The molecular formula is C12H16ClN3O3. The van der Waals surface area contributed by atoms with Gasteiger partial charge in [0.25, 0.3) is 0 Å². The SMILES string of the molecule is COCc1nc2cc(NC(=O)[C@@H](C)N)ccc2o1.Cl. The van der Waals surface area contributed by atoms with Crippen LogP contribution in [0.2, 0.25) is 0 Å². The van der Waals surface area contributed by atoms with E-state index in [1.807, 2.05) is 0 Å². The Hall–Kier alpha value is -1.63. The number of nitrogens with zero attached hydrogens (tertiary/aromatic N) is 1. The minimum absolute atomic E-state index is 0. The zero-order valence-electron chi connectivity index (χ0n) is 10.7. The molecule has 0 unspecified atom stereocenters. The summed E-state index contributed by atoms with van der Waals surface area (Å²) < 4.78 is 10.4. The number of ether oxygens (including phenoxy) is 1. The highest BCUT2D eigenvalue weighted by Gasteiger charge is 2.10. The Morgan fingerprint density at radius 3 is 2.95 bits per heavy atom. The van der Waals surface area contributed by atoms with Gasteiger partial charge in [0.05, 0.1) is 6.04 Å². The highest BCUT2D eigenvalue weighted by molar-refractivity contribution is 5.95. The number of anilines is 1. The average Bonchev–Trinajstić information content (AvgIpc) is 2.71. The lowest BCUT2D eigenvalue weighted by molar-refractivity contribution is -0.117. The third-order valence-corrected chi connectivity index (χ3v) is 2.38. The number of nitrogens with two attached hydrogens (primary N) is 1. The molecule has 1 aromatic heterocycles. The van der Waals surface area contributed by atoms with Crippen LogP contribution >= 0.6 is 12.4 Å². The van der Waals surface area contributed by atoms with Crippen LogP contribution in [0.5, 0.6) is 0 Å². The number of fused-ring (bicyclic) bond motifs is 1. The van der Waals surface area contributed by atoms with Gasteiger partial charge in [0.1, 0.15) is 12.1 Å². The predicted molar refractivity (Wildman–Crippen MR) is 74.2 cm³/mol. The molecule has 19 heavy (non-hydrogen) atoms. The maximum absolute atomic E-state index is 11.5. The number of rotatable bonds is 4. The highest BCUT2D eigenvalue weighted by atomic mass is 35.5. The molecule has 6 nitrogen and oxygen atoms in total. The fourth-order valence-corrected chi connectivity index (χ4v) is 1.49. The molecule has 7 heteroatoms. The smallest absolute Gasteiger partial charge is 0.240 e. The molecule has 0 fully saturated rings. The molecule has 1 amide bonds. The first-order valence-electron chi connectivity index (χ1n) is 5.55. The largest absolute Gasteiger partial charge is 0.438 e. The maximum atomic E-state index is 11.5. The van der Waals surface area contributed by atoms with Crippen LogP contribution in [0.1, 0.15) is 12.8 Å². The Morgan fingerprint density at radius 1 is 1.58 bits per heavy atom. The van der Waals surface area contributed by atoms with Crippen LogP contribution in [0.25, 0.3) is 11.1 Å². The van der Waals surface area contributed by atoms with Crippen LogP contribution < -0.4 is 11.1 Å². The molecule has 0 aliphatic rings. The van der Waals surface area contributed by atoms with E-state index in [2.05, 4.69) is 10.3 Å². The fraction of sp³-hybridized carbons (Fsp3) is 0.333. The van der Waals surface area contributed by atoms with Gasteiger partial charge in [-0.25, -0.2) is 4.98 Å². The molecule has 0 spiro atoms. The second-order valence-corrected chi connectivity index (χ2v) is 4.00. The number of methoxy groups -OCH3 is 1. The number of aromatic nitrogens is 1. The number of hydrogen-bond acceptors (Lipinski definition) is 5. The average molecular weight is 286 g/mol. The fourth-order valence-electron chi connectivity index (χ4n) is 1.49. The first kappa shape index (κ1) is 15.4. The van der Waals surface area contributed by atoms with Crippen molar-refractivity contribution in [3.8, 4) is 0 Å². The van der Waals surface area contributed by atoms with Crippen molar-refractivity contribution in [2.75, 3.05) is 12.4 Å².